The van der Waals surface area contributed by atoms with E-state index in [4.69, 9.17) is 14.2 Å². The first-order valence-electron chi connectivity index (χ1n) is 5.58. The smallest absolute Gasteiger partial charge is 0.321 e. The number of hydrogen-bond acceptors (Lipinski definition) is 6. The Balaban J connectivity index is 1.79. The van der Waals surface area contributed by atoms with Gasteiger partial charge < -0.3 is 18.9 Å². The summed E-state index contributed by atoms with van der Waals surface area (Å²) in [5, 5.41) is 0. The van der Waals surface area contributed by atoms with E-state index in [1.807, 2.05) is 0 Å². The summed E-state index contributed by atoms with van der Waals surface area (Å²) >= 11 is 0. The monoisotopic (exact) mass is 238 g/mol. The van der Waals surface area contributed by atoms with E-state index in [2.05, 4.69) is 4.74 Å². The molecule has 4 aliphatic rings. The van der Waals surface area contributed by atoms with E-state index in [1.54, 1.807) is 12.2 Å². The first kappa shape index (κ1) is 9.76. The molecule has 0 spiro atoms. The molecule has 4 rings (SSSR count). The molecule has 17 heavy (non-hydrogen) atoms. The molecule has 3 saturated heterocycles. The van der Waals surface area contributed by atoms with Gasteiger partial charge in [-0.2, -0.15) is 0 Å². The van der Waals surface area contributed by atoms with Gasteiger partial charge in [0.2, 0.25) is 0 Å². The molecule has 6 nitrogen and oxygen atoms in total. The van der Waals surface area contributed by atoms with E-state index in [0.717, 1.165) is 0 Å². The van der Waals surface area contributed by atoms with Gasteiger partial charge in [-0.3, -0.25) is 9.59 Å². The van der Waals surface area contributed by atoms with Crippen molar-refractivity contribution >= 4 is 11.9 Å². The SMILES string of the molecule is O=C1OC(=O)[C@@H]2[C@H]1[C@@H]1C=C[C@@]2(C2OCCO2)O1. The number of esters is 2. The Morgan fingerprint density at radius 1 is 1.18 bits per heavy atom. The summed E-state index contributed by atoms with van der Waals surface area (Å²) < 4.78 is 21.3. The molecule has 0 aromatic heterocycles. The molecule has 6 heteroatoms. The standard InChI is InChI=1S/C11H10O6/c12-8-6-5-1-2-11(17-5,7(6)9(13)16-8)10-14-3-4-15-10/h1-2,5-7,10H,3-4H2/t5-,6+,7-,11+/m0/s1. The van der Waals surface area contributed by atoms with Gasteiger partial charge in [0.05, 0.1) is 19.3 Å². The topological polar surface area (TPSA) is 71.1 Å². The average molecular weight is 238 g/mol. The van der Waals surface area contributed by atoms with Crippen molar-refractivity contribution in [2.24, 2.45) is 11.8 Å². The lowest BCUT2D eigenvalue weighted by molar-refractivity contribution is -0.188. The normalized spacial score (nSPS) is 47.9. The summed E-state index contributed by atoms with van der Waals surface area (Å²) in [7, 11) is 0. The van der Waals surface area contributed by atoms with E-state index in [9.17, 15) is 9.59 Å². The van der Waals surface area contributed by atoms with Crippen LogP contribution in [-0.4, -0.2) is 43.1 Å². The van der Waals surface area contributed by atoms with Crippen molar-refractivity contribution in [2.45, 2.75) is 18.0 Å². The average Bonchev–Trinajstić information content (AvgIpc) is 3.02. The van der Waals surface area contributed by atoms with Crippen molar-refractivity contribution in [2.75, 3.05) is 13.2 Å². The summed E-state index contributed by atoms with van der Waals surface area (Å²) in [5.74, 6) is -2.21. The largest absolute Gasteiger partial charge is 0.393 e. The summed E-state index contributed by atoms with van der Waals surface area (Å²) in [6, 6.07) is 0. The maximum absolute atomic E-state index is 11.7. The fourth-order valence-electron chi connectivity index (χ4n) is 3.13. The third kappa shape index (κ3) is 1.01. The Morgan fingerprint density at radius 2 is 1.94 bits per heavy atom. The zero-order valence-electron chi connectivity index (χ0n) is 8.83. The van der Waals surface area contributed by atoms with E-state index in [-0.39, 0.29) is 0 Å². The lowest BCUT2D eigenvalue weighted by atomic mass is 9.76. The molecule has 4 aliphatic heterocycles. The van der Waals surface area contributed by atoms with Crippen LogP contribution < -0.4 is 0 Å². The number of carbonyl (C=O) groups excluding carboxylic acids is 2. The Hall–Kier alpha value is -1.24. The van der Waals surface area contributed by atoms with Crippen molar-refractivity contribution in [1.29, 1.82) is 0 Å². The van der Waals surface area contributed by atoms with Gasteiger partial charge in [0.15, 0.2) is 11.9 Å². The van der Waals surface area contributed by atoms with Crippen molar-refractivity contribution in [3.63, 3.8) is 0 Å². The lowest BCUT2D eigenvalue weighted by Gasteiger charge is -2.31. The number of hydrogen-bond donors (Lipinski definition) is 0. The first-order valence-corrected chi connectivity index (χ1v) is 5.58. The van der Waals surface area contributed by atoms with Gasteiger partial charge in [-0.25, -0.2) is 0 Å². The molecule has 0 N–H and O–H groups in total. The van der Waals surface area contributed by atoms with Crippen LogP contribution in [0.4, 0.5) is 0 Å². The quantitative estimate of drug-likeness (QED) is 0.344. The number of rotatable bonds is 1. The van der Waals surface area contributed by atoms with Gasteiger partial charge in [0.1, 0.15) is 11.8 Å². The van der Waals surface area contributed by atoms with Crippen molar-refractivity contribution in [3.05, 3.63) is 12.2 Å². The summed E-state index contributed by atoms with van der Waals surface area (Å²) in [6.07, 6.45) is 2.53. The summed E-state index contributed by atoms with van der Waals surface area (Å²) in [6.45, 7) is 0.934. The molecule has 0 unspecified atom stereocenters. The highest BCUT2D eigenvalue weighted by atomic mass is 16.7. The number of carbonyl (C=O) groups is 2. The van der Waals surface area contributed by atoms with Gasteiger partial charge in [-0.1, -0.05) is 6.08 Å². The molecule has 0 aromatic rings. The van der Waals surface area contributed by atoms with Crippen molar-refractivity contribution in [3.8, 4) is 0 Å². The highest BCUT2D eigenvalue weighted by Crippen LogP contribution is 2.53. The number of ether oxygens (including phenoxy) is 4. The molecule has 0 saturated carbocycles. The van der Waals surface area contributed by atoms with Crippen LogP contribution in [0, 0.1) is 11.8 Å². The molecule has 3 fully saturated rings. The van der Waals surface area contributed by atoms with Crippen LogP contribution in [0.15, 0.2) is 12.2 Å². The molecule has 0 amide bonds. The van der Waals surface area contributed by atoms with Gasteiger partial charge in [-0.05, 0) is 6.08 Å². The van der Waals surface area contributed by atoms with Crippen molar-refractivity contribution < 1.29 is 28.5 Å². The van der Waals surface area contributed by atoms with E-state index in [1.165, 1.54) is 0 Å². The van der Waals surface area contributed by atoms with Crippen LogP contribution >= 0.6 is 0 Å². The molecule has 2 bridgehead atoms. The summed E-state index contributed by atoms with van der Waals surface area (Å²) in [5.41, 5.74) is -0.977. The minimum absolute atomic E-state index is 0.397. The maximum atomic E-state index is 11.7. The van der Waals surface area contributed by atoms with Gasteiger partial charge in [-0.15, -0.1) is 0 Å². The number of cyclic esters (lactones) is 2. The Morgan fingerprint density at radius 3 is 2.71 bits per heavy atom. The van der Waals surface area contributed by atoms with Crippen LogP contribution in [-0.2, 0) is 28.5 Å². The molecule has 0 aromatic carbocycles. The van der Waals surface area contributed by atoms with Gasteiger partial charge in [0.25, 0.3) is 0 Å². The van der Waals surface area contributed by atoms with Crippen LogP contribution in [0.3, 0.4) is 0 Å². The molecule has 4 heterocycles. The minimum atomic E-state index is -0.977. The second-order valence-corrected chi connectivity index (χ2v) is 4.61. The fourth-order valence-corrected chi connectivity index (χ4v) is 3.13. The highest BCUT2D eigenvalue weighted by molar-refractivity contribution is 5.99. The summed E-state index contributed by atoms with van der Waals surface area (Å²) in [4.78, 5) is 23.3. The Labute approximate surface area is 96.5 Å². The molecule has 0 radical (unpaired) electrons. The lowest BCUT2D eigenvalue weighted by Crippen LogP contribution is -2.48. The molecular weight excluding hydrogens is 228 g/mol. The van der Waals surface area contributed by atoms with Gasteiger partial charge >= 0.3 is 11.9 Å². The van der Waals surface area contributed by atoms with E-state index >= 15 is 0 Å². The molecule has 90 valence electrons. The fraction of sp³-hybridized carbons (Fsp3) is 0.636. The molecule has 4 atom stereocenters. The highest BCUT2D eigenvalue weighted by Gasteiger charge is 2.70. The van der Waals surface area contributed by atoms with Crippen LogP contribution in [0.2, 0.25) is 0 Å². The molecular formula is C11H10O6. The zero-order valence-corrected chi connectivity index (χ0v) is 8.83. The van der Waals surface area contributed by atoms with Crippen molar-refractivity contribution in [1.82, 2.24) is 0 Å². The van der Waals surface area contributed by atoms with Gasteiger partial charge in [0, 0.05) is 0 Å². The third-order valence-electron chi connectivity index (χ3n) is 3.80. The van der Waals surface area contributed by atoms with Crippen LogP contribution in [0.5, 0.6) is 0 Å². The Kier molecular flexibility index (Phi) is 1.69. The second-order valence-electron chi connectivity index (χ2n) is 4.61. The predicted octanol–water partition coefficient (Wildman–Crippen LogP) is -0.618. The minimum Gasteiger partial charge on any atom is -0.393 e. The number of fused-ring (bicyclic) bond motifs is 5. The third-order valence-corrected chi connectivity index (χ3v) is 3.80. The van der Waals surface area contributed by atoms with E-state index in [0.29, 0.717) is 13.2 Å². The molecule has 0 aliphatic carbocycles. The first-order chi connectivity index (χ1) is 8.22. The maximum Gasteiger partial charge on any atom is 0.321 e. The van der Waals surface area contributed by atoms with Crippen LogP contribution in [0.1, 0.15) is 0 Å². The second kappa shape index (κ2) is 2.95. The van der Waals surface area contributed by atoms with Crippen LogP contribution in [0.25, 0.3) is 0 Å². The van der Waals surface area contributed by atoms with E-state index < -0.39 is 41.8 Å². The Bertz CT molecular complexity index is 437. The zero-order chi connectivity index (χ0) is 11.6. The predicted molar refractivity (Wildman–Crippen MR) is 50.5 cm³/mol.